The van der Waals surface area contributed by atoms with Gasteiger partial charge in [0.2, 0.25) is 0 Å². The number of nitro benzene ring substituents is 1. The Morgan fingerprint density at radius 3 is 2.52 bits per heavy atom. The van der Waals surface area contributed by atoms with Gasteiger partial charge in [0.05, 0.1) is 10.5 Å². The maximum absolute atomic E-state index is 12.2. The van der Waals surface area contributed by atoms with Crippen molar-refractivity contribution in [1.29, 1.82) is 0 Å². The van der Waals surface area contributed by atoms with Crippen LogP contribution in [0.1, 0.15) is 21.5 Å². The molecule has 0 amide bonds. The molecular formula is C20H16N2O5. The van der Waals surface area contributed by atoms with E-state index in [0.717, 1.165) is 5.56 Å². The summed E-state index contributed by atoms with van der Waals surface area (Å²) in [6.45, 7) is 0.368. The van der Waals surface area contributed by atoms with Crippen molar-refractivity contribution in [1.82, 2.24) is 4.98 Å². The molecule has 0 radical (unpaired) electrons. The molecule has 0 spiro atoms. The van der Waals surface area contributed by atoms with Crippen LogP contribution in [0.15, 0.2) is 73.1 Å². The van der Waals surface area contributed by atoms with Gasteiger partial charge in [-0.3, -0.25) is 15.1 Å². The van der Waals surface area contributed by atoms with E-state index < -0.39 is 10.9 Å². The van der Waals surface area contributed by atoms with Crippen molar-refractivity contribution < 1.29 is 19.2 Å². The van der Waals surface area contributed by atoms with Crippen LogP contribution >= 0.6 is 0 Å². The number of pyridine rings is 1. The van der Waals surface area contributed by atoms with Crippen LogP contribution in [0.3, 0.4) is 0 Å². The lowest BCUT2D eigenvalue weighted by Gasteiger charge is -2.08. The monoisotopic (exact) mass is 364 g/mol. The smallest absolute Gasteiger partial charge is 0.338 e. The summed E-state index contributed by atoms with van der Waals surface area (Å²) in [5, 5.41) is 10.6. The highest BCUT2D eigenvalue weighted by atomic mass is 16.6. The van der Waals surface area contributed by atoms with E-state index in [1.165, 1.54) is 12.1 Å². The summed E-state index contributed by atoms with van der Waals surface area (Å²) >= 11 is 0. The number of aromatic nitrogens is 1. The molecule has 0 atom stereocenters. The molecule has 0 aliphatic carbocycles. The Balaban J connectivity index is 1.57. The summed E-state index contributed by atoms with van der Waals surface area (Å²) in [7, 11) is 0. The average Bonchev–Trinajstić information content (AvgIpc) is 2.72. The molecular weight excluding hydrogens is 348 g/mol. The Labute approximate surface area is 155 Å². The predicted octanol–water partition coefficient (Wildman–Crippen LogP) is 3.93. The fourth-order valence-electron chi connectivity index (χ4n) is 2.31. The number of ether oxygens (including phenoxy) is 2. The fraction of sp³-hybridized carbons (Fsp3) is 0.100. The van der Waals surface area contributed by atoms with Crippen LogP contribution < -0.4 is 4.74 Å². The van der Waals surface area contributed by atoms with Gasteiger partial charge < -0.3 is 9.47 Å². The molecule has 0 unspecified atom stereocenters. The first-order chi connectivity index (χ1) is 13.1. The van der Waals surface area contributed by atoms with Crippen molar-refractivity contribution in [3.63, 3.8) is 0 Å². The van der Waals surface area contributed by atoms with Crippen LogP contribution in [-0.2, 0) is 18.0 Å². The third-order valence-corrected chi connectivity index (χ3v) is 3.72. The minimum Gasteiger partial charge on any atom is -0.489 e. The lowest BCUT2D eigenvalue weighted by atomic mass is 10.2. The number of non-ortho nitro benzene ring substituents is 1. The fourth-order valence-corrected chi connectivity index (χ4v) is 2.31. The van der Waals surface area contributed by atoms with E-state index in [2.05, 4.69) is 4.98 Å². The number of esters is 1. The highest BCUT2D eigenvalue weighted by molar-refractivity contribution is 5.89. The first kappa shape index (κ1) is 18.1. The standard InChI is InChI=1S/C20H16N2O5/c23-20(27-13-15-6-8-18(9-7-15)22(24)25)17-4-1-5-19(11-17)26-14-16-3-2-10-21-12-16/h1-12H,13-14H2. The second-order valence-electron chi connectivity index (χ2n) is 5.68. The summed E-state index contributed by atoms with van der Waals surface area (Å²) in [5.74, 6) is 0.0452. The van der Waals surface area contributed by atoms with Crippen LogP contribution in [-0.4, -0.2) is 15.9 Å². The van der Waals surface area contributed by atoms with E-state index in [-0.39, 0.29) is 12.3 Å². The minimum atomic E-state index is -0.500. The van der Waals surface area contributed by atoms with Gasteiger partial charge in [-0.2, -0.15) is 0 Å². The Bertz CT molecular complexity index is 927. The Morgan fingerprint density at radius 1 is 1.00 bits per heavy atom. The summed E-state index contributed by atoms with van der Waals surface area (Å²) in [4.78, 5) is 26.4. The number of carbonyl (C=O) groups is 1. The van der Waals surface area contributed by atoms with Gasteiger partial charge >= 0.3 is 5.97 Å². The maximum atomic E-state index is 12.2. The molecule has 0 aliphatic rings. The molecule has 0 saturated carbocycles. The van der Waals surface area contributed by atoms with E-state index in [9.17, 15) is 14.9 Å². The van der Waals surface area contributed by atoms with Gasteiger partial charge in [0.1, 0.15) is 19.0 Å². The topological polar surface area (TPSA) is 91.6 Å². The molecule has 136 valence electrons. The van der Waals surface area contributed by atoms with Gasteiger partial charge in [0.15, 0.2) is 0 Å². The van der Waals surface area contributed by atoms with Crippen molar-refractivity contribution in [3.05, 3.63) is 99.9 Å². The van der Waals surface area contributed by atoms with Gasteiger partial charge in [-0.25, -0.2) is 4.79 Å². The molecule has 27 heavy (non-hydrogen) atoms. The van der Waals surface area contributed by atoms with Gasteiger partial charge in [-0.1, -0.05) is 12.1 Å². The predicted molar refractivity (Wildman–Crippen MR) is 97.2 cm³/mol. The first-order valence-corrected chi connectivity index (χ1v) is 8.14. The van der Waals surface area contributed by atoms with Gasteiger partial charge in [0.25, 0.3) is 5.69 Å². The highest BCUT2D eigenvalue weighted by Gasteiger charge is 2.10. The summed E-state index contributed by atoms with van der Waals surface area (Å²) < 4.78 is 10.9. The van der Waals surface area contributed by atoms with E-state index in [4.69, 9.17) is 9.47 Å². The van der Waals surface area contributed by atoms with Gasteiger partial charge in [0, 0.05) is 30.1 Å². The molecule has 7 heteroatoms. The second-order valence-corrected chi connectivity index (χ2v) is 5.68. The Kier molecular flexibility index (Phi) is 5.73. The second kappa shape index (κ2) is 8.57. The van der Waals surface area contributed by atoms with Crippen molar-refractivity contribution in [3.8, 4) is 5.75 Å². The minimum absolute atomic E-state index is 0.0106. The zero-order chi connectivity index (χ0) is 19.1. The van der Waals surface area contributed by atoms with Crippen LogP contribution in [0.4, 0.5) is 5.69 Å². The van der Waals surface area contributed by atoms with Crippen LogP contribution in [0, 0.1) is 10.1 Å². The van der Waals surface area contributed by atoms with Crippen molar-refractivity contribution >= 4 is 11.7 Å². The lowest BCUT2D eigenvalue weighted by molar-refractivity contribution is -0.384. The Hall–Kier alpha value is -3.74. The number of nitrogens with zero attached hydrogens (tertiary/aromatic N) is 2. The number of hydrogen-bond donors (Lipinski definition) is 0. The molecule has 0 saturated heterocycles. The van der Waals surface area contributed by atoms with Crippen molar-refractivity contribution in [2.24, 2.45) is 0 Å². The molecule has 7 nitrogen and oxygen atoms in total. The number of nitro groups is 1. The average molecular weight is 364 g/mol. The lowest BCUT2D eigenvalue weighted by Crippen LogP contribution is -2.06. The number of hydrogen-bond acceptors (Lipinski definition) is 6. The number of benzene rings is 2. The quantitative estimate of drug-likeness (QED) is 0.358. The molecule has 0 N–H and O–H groups in total. The van der Waals surface area contributed by atoms with Crippen molar-refractivity contribution in [2.75, 3.05) is 0 Å². The molecule has 2 aromatic carbocycles. The van der Waals surface area contributed by atoms with Crippen molar-refractivity contribution in [2.45, 2.75) is 13.2 Å². The maximum Gasteiger partial charge on any atom is 0.338 e. The van der Waals surface area contributed by atoms with E-state index in [1.807, 2.05) is 12.1 Å². The molecule has 0 bridgehead atoms. The van der Waals surface area contributed by atoms with E-state index >= 15 is 0 Å². The van der Waals surface area contributed by atoms with Crippen LogP contribution in [0.2, 0.25) is 0 Å². The van der Waals surface area contributed by atoms with Gasteiger partial charge in [-0.15, -0.1) is 0 Å². The molecule has 3 aromatic rings. The SMILES string of the molecule is O=C(OCc1ccc([N+](=O)[O-])cc1)c1cccc(OCc2cccnc2)c1. The van der Waals surface area contributed by atoms with Crippen LogP contribution in [0.25, 0.3) is 0 Å². The zero-order valence-corrected chi connectivity index (χ0v) is 14.3. The first-order valence-electron chi connectivity index (χ1n) is 8.14. The third kappa shape index (κ3) is 5.12. The zero-order valence-electron chi connectivity index (χ0n) is 14.3. The normalized spacial score (nSPS) is 10.2. The third-order valence-electron chi connectivity index (χ3n) is 3.72. The highest BCUT2D eigenvalue weighted by Crippen LogP contribution is 2.17. The number of rotatable bonds is 7. The largest absolute Gasteiger partial charge is 0.489 e. The summed E-state index contributed by atoms with van der Waals surface area (Å²) in [6, 6.07) is 16.3. The van der Waals surface area contributed by atoms with Crippen LogP contribution in [0.5, 0.6) is 5.75 Å². The summed E-state index contributed by atoms with van der Waals surface area (Å²) in [6.07, 6.45) is 3.40. The Morgan fingerprint density at radius 2 is 1.81 bits per heavy atom. The molecule has 0 fully saturated rings. The van der Waals surface area contributed by atoms with Gasteiger partial charge in [-0.05, 0) is 42.0 Å². The number of carbonyl (C=O) groups excluding carboxylic acids is 1. The molecule has 1 heterocycles. The summed E-state index contributed by atoms with van der Waals surface area (Å²) in [5.41, 5.74) is 1.94. The van der Waals surface area contributed by atoms with E-state index in [0.29, 0.717) is 23.5 Å². The molecule has 0 aliphatic heterocycles. The molecule has 3 rings (SSSR count). The molecule has 1 aromatic heterocycles. The van der Waals surface area contributed by atoms with E-state index in [1.54, 1.807) is 48.8 Å².